The van der Waals surface area contributed by atoms with Crippen molar-refractivity contribution < 1.29 is 32.7 Å². The van der Waals surface area contributed by atoms with Crippen LogP contribution in [-0.4, -0.2) is 31.5 Å². The van der Waals surface area contributed by atoms with E-state index in [-0.39, 0.29) is 11.3 Å². The molecule has 0 atom stereocenters. The second kappa shape index (κ2) is 7.91. The van der Waals surface area contributed by atoms with Gasteiger partial charge >= 0.3 is 5.97 Å². The fourth-order valence-corrected chi connectivity index (χ4v) is 2.56. The molecule has 28 heavy (non-hydrogen) atoms. The molecule has 0 aliphatic carbocycles. The van der Waals surface area contributed by atoms with Crippen molar-refractivity contribution in [3.8, 4) is 5.75 Å². The lowest BCUT2D eigenvalue weighted by Crippen LogP contribution is -2.34. The quantitative estimate of drug-likeness (QED) is 0.679. The fraction of sp³-hybridized carbons (Fsp3) is 0.150. The zero-order chi connectivity index (χ0) is 20.3. The van der Waals surface area contributed by atoms with Gasteiger partial charge in [0.2, 0.25) is 5.76 Å². The number of ether oxygens (including phenoxy) is 2. The summed E-state index contributed by atoms with van der Waals surface area (Å²) in [6.07, 6.45) is 0. The molecule has 0 fully saturated rings. The molecule has 144 valence electrons. The second-order valence-electron chi connectivity index (χ2n) is 5.88. The van der Waals surface area contributed by atoms with Gasteiger partial charge in [0.1, 0.15) is 17.1 Å². The summed E-state index contributed by atoms with van der Waals surface area (Å²) < 4.78 is 28.6. The molecule has 0 saturated carbocycles. The van der Waals surface area contributed by atoms with Gasteiger partial charge in [-0.2, -0.15) is 0 Å². The highest BCUT2D eigenvalue weighted by atomic mass is 19.1. The maximum absolute atomic E-state index is 13.3. The van der Waals surface area contributed by atoms with E-state index >= 15 is 0 Å². The molecule has 7 nitrogen and oxygen atoms in total. The Bertz CT molecular complexity index is 1050. The van der Waals surface area contributed by atoms with Gasteiger partial charge in [-0.05, 0) is 49.4 Å². The highest BCUT2D eigenvalue weighted by molar-refractivity contribution is 6.05. The number of hydrogen-bond donors (Lipinski definition) is 1. The minimum Gasteiger partial charge on any atom is -0.497 e. The Morgan fingerprint density at radius 1 is 1.11 bits per heavy atom. The van der Waals surface area contributed by atoms with Gasteiger partial charge < -0.3 is 13.9 Å². The smallest absolute Gasteiger partial charge is 0.375 e. The summed E-state index contributed by atoms with van der Waals surface area (Å²) >= 11 is 0. The number of nitrogens with one attached hydrogen (secondary N) is 1. The number of aryl methyl sites for hydroxylation is 1. The number of hydrogen-bond acceptors (Lipinski definition) is 6. The Balaban J connectivity index is 1.60. The van der Waals surface area contributed by atoms with E-state index in [0.29, 0.717) is 22.3 Å². The summed E-state index contributed by atoms with van der Waals surface area (Å²) in [5, 5.41) is 2.55. The molecule has 1 aromatic heterocycles. The first kappa shape index (κ1) is 19.1. The van der Waals surface area contributed by atoms with Crippen LogP contribution in [0.3, 0.4) is 0 Å². The number of rotatable bonds is 5. The van der Waals surface area contributed by atoms with Crippen LogP contribution in [-0.2, 0) is 9.53 Å². The summed E-state index contributed by atoms with van der Waals surface area (Å²) in [4.78, 5) is 36.0. The van der Waals surface area contributed by atoms with Gasteiger partial charge in [-0.15, -0.1) is 0 Å². The number of benzene rings is 2. The number of imide groups is 1. The molecule has 3 aromatic rings. The van der Waals surface area contributed by atoms with Crippen LogP contribution in [0.1, 0.15) is 26.5 Å². The van der Waals surface area contributed by atoms with Gasteiger partial charge in [0.15, 0.2) is 6.61 Å². The molecule has 0 bridgehead atoms. The van der Waals surface area contributed by atoms with Crippen molar-refractivity contribution in [2.75, 3.05) is 13.7 Å². The van der Waals surface area contributed by atoms with Gasteiger partial charge in [-0.25, -0.2) is 9.18 Å². The number of esters is 1. The molecule has 3 rings (SSSR count). The Morgan fingerprint density at radius 3 is 2.50 bits per heavy atom. The molecular formula is C20H16FNO6. The number of furan rings is 1. The minimum atomic E-state index is -0.888. The number of amides is 2. The van der Waals surface area contributed by atoms with Crippen LogP contribution < -0.4 is 10.1 Å². The lowest BCUT2D eigenvalue weighted by Gasteiger charge is -2.06. The molecule has 0 aliphatic rings. The van der Waals surface area contributed by atoms with Gasteiger partial charge in [0, 0.05) is 16.5 Å². The highest BCUT2D eigenvalue weighted by Crippen LogP contribution is 2.26. The van der Waals surface area contributed by atoms with Crippen LogP contribution in [0.4, 0.5) is 4.39 Å². The zero-order valence-electron chi connectivity index (χ0n) is 15.1. The molecule has 0 saturated heterocycles. The second-order valence-corrected chi connectivity index (χ2v) is 5.88. The fourth-order valence-electron chi connectivity index (χ4n) is 2.56. The summed E-state index contributed by atoms with van der Waals surface area (Å²) in [7, 11) is 1.49. The van der Waals surface area contributed by atoms with E-state index < -0.39 is 30.2 Å². The summed E-state index contributed by atoms with van der Waals surface area (Å²) in [5.41, 5.74) is 0.967. The topological polar surface area (TPSA) is 94.8 Å². The molecule has 0 aliphatic heterocycles. The predicted molar refractivity (Wildman–Crippen MR) is 96.7 cm³/mol. The van der Waals surface area contributed by atoms with Gasteiger partial charge in [-0.3, -0.25) is 14.9 Å². The molecule has 0 spiro atoms. The molecule has 0 unspecified atom stereocenters. The van der Waals surface area contributed by atoms with E-state index in [0.717, 1.165) is 0 Å². The first-order valence-corrected chi connectivity index (χ1v) is 8.23. The third-order valence-corrected chi connectivity index (χ3v) is 4.02. The Labute approximate surface area is 159 Å². The molecular weight excluding hydrogens is 369 g/mol. The van der Waals surface area contributed by atoms with Gasteiger partial charge in [-0.1, -0.05) is 0 Å². The molecule has 2 amide bonds. The highest BCUT2D eigenvalue weighted by Gasteiger charge is 2.21. The number of methoxy groups -OCH3 is 1. The lowest BCUT2D eigenvalue weighted by atomic mass is 10.1. The van der Waals surface area contributed by atoms with Crippen molar-refractivity contribution in [3.05, 3.63) is 65.2 Å². The first-order valence-electron chi connectivity index (χ1n) is 8.23. The van der Waals surface area contributed by atoms with Crippen LogP contribution in [0.25, 0.3) is 11.0 Å². The number of carbonyl (C=O) groups excluding carboxylic acids is 3. The largest absolute Gasteiger partial charge is 0.497 e. The van der Waals surface area contributed by atoms with Crippen molar-refractivity contribution in [1.82, 2.24) is 5.32 Å². The number of fused-ring (bicyclic) bond motifs is 1. The van der Waals surface area contributed by atoms with E-state index in [1.54, 1.807) is 19.1 Å². The van der Waals surface area contributed by atoms with Crippen molar-refractivity contribution in [2.45, 2.75) is 6.92 Å². The summed E-state index contributed by atoms with van der Waals surface area (Å²) in [6, 6.07) is 9.98. The van der Waals surface area contributed by atoms with Gasteiger partial charge in [0.25, 0.3) is 11.8 Å². The van der Waals surface area contributed by atoms with Crippen LogP contribution in [0.15, 0.2) is 46.9 Å². The molecule has 2 aromatic carbocycles. The average molecular weight is 385 g/mol. The Morgan fingerprint density at radius 2 is 1.82 bits per heavy atom. The summed E-state index contributed by atoms with van der Waals surface area (Å²) in [5.74, 6) is -2.35. The van der Waals surface area contributed by atoms with Crippen LogP contribution >= 0.6 is 0 Å². The standard InChI is InChI=1S/C20H16FNO6/c1-11-15-9-13(21)5-8-16(15)28-18(11)20(25)27-10-17(23)22-19(24)12-3-6-14(26-2)7-4-12/h3-9H,10H2,1-2H3,(H,22,23,24). The zero-order valence-corrected chi connectivity index (χ0v) is 15.1. The summed E-state index contributed by atoms with van der Waals surface area (Å²) in [6.45, 7) is 0.903. The van der Waals surface area contributed by atoms with Crippen molar-refractivity contribution in [1.29, 1.82) is 0 Å². The maximum atomic E-state index is 13.3. The van der Waals surface area contributed by atoms with Crippen LogP contribution in [0, 0.1) is 12.7 Å². The predicted octanol–water partition coefficient (Wildman–Crippen LogP) is 3.00. The molecule has 1 heterocycles. The molecule has 8 heteroatoms. The normalized spacial score (nSPS) is 10.5. The van der Waals surface area contributed by atoms with E-state index in [1.807, 2.05) is 0 Å². The van der Waals surface area contributed by atoms with E-state index in [9.17, 15) is 18.8 Å². The van der Waals surface area contributed by atoms with Crippen molar-refractivity contribution in [3.63, 3.8) is 0 Å². The Hall–Kier alpha value is -3.68. The van der Waals surface area contributed by atoms with E-state index in [1.165, 1.54) is 37.4 Å². The molecule has 0 radical (unpaired) electrons. The Kier molecular flexibility index (Phi) is 5.39. The number of halogens is 1. The van der Waals surface area contributed by atoms with Crippen molar-refractivity contribution in [2.24, 2.45) is 0 Å². The monoisotopic (exact) mass is 385 g/mol. The molecule has 1 N–H and O–H groups in total. The van der Waals surface area contributed by atoms with Crippen LogP contribution in [0.2, 0.25) is 0 Å². The minimum absolute atomic E-state index is 0.130. The maximum Gasteiger partial charge on any atom is 0.375 e. The lowest BCUT2D eigenvalue weighted by molar-refractivity contribution is -0.123. The third kappa shape index (κ3) is 4.01. The van der Waals surface area contributed by atoms with Gasteiger partial charge in [0.05, 0.1) is 7.11 Å². The third-order valence-electron chi connectivity index (χ3n) is 4.02. The SMILES string of the molecule is COc1ccc(C(=O)NC(=O)COC(=O)c2oc3ccc(F)cc3c2C)cc1. The number of carbonyl (C=O) groups is 3. The van der Waals surface area contributed by atoms with Crippen molar-refractivity contribution >= 4 is 28.8 Å². The first-order chi connectivity index (χ1) is 13.4. The average Bonchev–Trinajstić information content (AvgIpc) is 3.02. The van der Waals surface area contributed by atoms with E-state index in [4.69, 9.17) is 13.9 Å². The van der Waals surface area contributed by atoms with Crippen LogP contribution in [0.5, 0.6) is 5.75 Å². The van der Waals surface area contributed by atoms with E-state index in [2.05, 4.69) is 5.32 Å².